The molecule has 0 aromatic carbocycles. The van der Waals surface area contributed by atoms with Crippen LogP contribution in [-0.4, -0.2) is 19.8 Å². The number of hydrogen-bond acceptors (Lipinski definition) is 3. The summed E-state index contributed by atoms with van der Waals surface area (Å²) in [5.74, 6) is 0.971. The highest BCUT2D eigenvalue weighted by atomic mass is 16.5. The lowest BCUT2D eigenvalue weighted by atomic mass is 10.4. The van der Waals surface area contributed by atoms with E-state index in [0.29, 0.717) is 0 Å². The van der Waals surface area contributed by atoms with Crippen LogP contribution in [-0.2, 0) is 11.3 Å². The molecule has 14 heavy (non-hydrogen) atoms. The summed E-state index contributed by atoms with van der Waals surface area (Å²) in [5, 5.41) is 3.25. The van der Waals surface area contributed by atoms with Gasteiger partial charge >= 0.3 is 0 Å². The molecule has 1 N–H and O–H groups in total. The van der Waals surface area contributed by atoms with Gasteiger partial charge in [-0.15, -0.1) is 0 Å². The maximum atomic E-state index is 5.40. The molecule has 0 saturated heterocycles. The van der Waals surface area contributed by atoms with Crippen molar-refractivity contribution in [1.82, 2.24) is 5.32 Å². The van der Waals surface area contributed by atoms with Crippen LogP contribution in [0.1, 0.15) is 25.5 Å². The third kappa shape index (κ3) is 5.04. The van der Waals surface area contributed by atoms with Gasteiger partial charge in [-0.25, -0.2) is 0 Å². The molecule has 0 bridgehead atoms. The molecule has 3 nitrogen and oxygen atoms in total. The first-order chi connectivity index (χ1) is 6.93. The molecule has 0 fully saturated rings. The Hall–Kier alpha value is -0.800. The quantitative estimate of drug-likeness (QED) is 0.649. The predicted octanol–water partition coefficient (Wildman–Crippen LogP) is 2.19. The van der Waals surface area contributed by atoms with Gasteiger partial charge in [-0.1, -0.05) is 13.3 Å². The molecule has 3 heteroatoms. The van der Waals surface area contributed by atoms with Crippen molar-refractivity contribution in [3.63, 3.8) is 0 Å². The van der Waals surface area contributed by atoms with Crippen molar-refractivity contribution >= 4 is 0 Å². The van der Waals surface area contributed by atoms with Crippen molar-refractivity contribution in [2.75, 3.05) is 19.8 Å². The Balaban J connectivity index is 1.85. The lowest BCUT2D eigenvalue weighted by Gasteiger charge is -2.03. The Labute approximate surface area is 85.4 Å². The molecule has 0 atom stereocenters. The van der Waals surface area contributed by atoms with Gasteiger partial charge in [0.25, 0.3) is 0 Å². The molecular weight excluding hydrogens is 178 g/mol. The number of nitrogens with one attached hydrogen (secondary N) is 1. The zero-order valence-electron chi connectivity index (χ0n) is 8.79. The van der Waals surface area contributed by atoms with Gasteiger partial charge in [0.2, 0.25) is 0 Å². The van der Waals surface area contributed by atoms with Crippen LogP contribution in [0, 0.1) is 0 Å². The number of unbranched alkanes of at least 4 members (excludes halogenated alkanes) is 1. The average molecular weight is 197 g/mol. The van der Waals surface area contributed by atoms with Gasteiger partial charge in [-0.3, -0.25) is 0 Å². The number of rotatable bonds is 8. The largest absolute Gasteiger partial charge is 0.468 e. The summed E-state index contributed by atoms with van der Waals surface area (Å²) in [6.45, 7) is 5.48. The topological polar surface area (TPSA) is 34.4 Å². The van der Waals surface area contributed by atoms with E-state index in [1.807, 2.05) is 12.1 Å². The highest BCUT2D eigenvalue weighted by molar-refractivity contribution is 4.97. The Bertz CT molecular complexity index is 209. The van der Waals surface area contributed by atoms with Crippen LogP contribution >= 0.6 is 0 Å². The van der Waals surface area contributed by atoms with E-state index >= 15 is 0 Å². The lowest BCUT2D eigenvalue weighted by Crippen LogP contribution is -2.19. The third-order valence-electron chi connectivity index (χ3n) is 1.94. The summed E-state index contributed by atoms with van der Waals surface area (Å²) < 4.78 is 10.6. The van der Waals surface area contributed by atoms with Crippen molar-refractivity contribution in [1.29, 1.82) is 0 Å². The predicted molar refractivity (Wildman–Crippen MR) is 56.1 cm³/mol. The minimum Gasteiger partial charge on any atom is -0.468 e. The Kier molecular flexibility index (Phi) is 6.11. The van der Waals surface area contributed by atoms with Gasteiger partial charge in [-0.05, 0) is 18.6 Å². The van der Waals surface area contributed by atoms with Crippen LogP contribution in [0.25, 0.3) is 0 Å². The molecule has 1 heterocycles. The second-order valence-electron chi connectivity index (χ2n) is 3.22. The number of hydrogen-bond donors (Lipinski definition) is 1. The maximum absolute atomic E-state index is 5.40. The van der Waals surface area contributed by atoms with E-state index in [-0.39, 0.29) is 0 Å². The molecular formula is C11H19NO2. The number of ether oxygens (including phenoxy) is 1. The fourth-order valence-electron chi connectivity index (χ4n) is 1.12. The molecule has 0 saturated carbocycles. The minimum atomic E-state index is 0.778. The summed E-state index contributed by atoms with van der Waals surface area (Å²) in [6, 6.07) is 3.86. The van der Waals surface area contributed by atoms with Crippen LogP contribution in [0.3, 0.4) is 0 Å². The fourth-order valence-corrected chi connectivity index (χ4v) is 1.12. The van der Waals surface area contributed by atoms with Crippen molar-refractivity contribution in [3.05, 3.63) is 24.2 Å². The molecule has 0 aliphatic rings. The summed E-state index contributed by atoms with van der Waals surface area (Å²) in [7, 11) is 0. The van der Waals surface area contributed by atoms with E-state index in [9.17, 15) is 0 Å². The van der Waals surface area contributed by atoms with Crippen molar-refractivity contribution < 1.29 is 9.15 Å². The Morgan fingerprint density at radius 1 is 1.43 bits per heavy atom. The number of furan rings is 1. The first-order valence-electron chi connectivity index (χ1n) is 5.24. The third-order valence-corrected chi connectivity index (χ3v) is 1.94. The Morgan fingerprint density at radius 2 is 2.36 bits per heavy atom. The average Bonchev–Trinajstić information content (AvgIpc) is 2.69. The minimum absolute atomic E-state index is 0.778. The molecule has 80 valence electrons. The summed E-state index contributed by atoms with van der Waals surface area (Å²) in [6.07, 6.45) is 4.03. The van der Waals surface area contributed by atoms with Crippen molar-refractivity contribution in [2.45, 2.75) is 26.3 Å². The van der Waals surface area contributed by atoms with E-state index in [4.69, 9.17) is 9.15 Å². The fraction of sp³-hybridized carbons (Fsp3) is 0.636. The normalized spacial score (nSPS) is 10.6. The first kappa shape index (κ1) is 11.3. The molecule has 0 radical (unpaired) electrons. The highest BCUT2D eigenvalue weighted by Crippen LogP contribution is 1.97. The van der Waals surface area contributed by atoms with E-state index in [1.165, 1.54) is 6.42 Å². The zero-order chi connectivity index (χ0) is 10.1. The van der Waals surface area contributed by atoms with Crippen LogP contribution in [0.2, 0.25) is 0 Å². The van der Waals surface area contributed by atoms with Gasteiger partial charge in [0.15, 0.2) is 0 Å². The molecule has 0 spiro atoms. The first-order valence-corrected chi connectivity index (χ1v) is 5.24. The summed E-state index contributed by atoms with van der Waals surface area (Å²) in [5.41, 5.74) is 0. The standard InChI is InChI=1S/C11H19NO2/c1-2-3-7-13-9-6-12-10-11-5-4-8-14-11/h4-5,8,12H,2-3,6-7,9-10H2,1H3. The molecule has 0 aliphatic heterocycles. The van der Waals surface area contributed by atoms with Crippen molar-refractivity contribution in [2.24, 2.45) is 0 Å². The van der Waals surface area contributed by atoms with E-state index in [0.717, 1.165) is 38.5 Å². The molecule has 1 aromatic heterocycles. The summed E-state index contributed by atoms with van der Waals surface area (Å²) >= 11 is 0. The van der Waals surface area contributed by atoms with Gasteiger partial charge in [0.1, 0.15) is 5.76 Å². The lowest BCUT2D eigenvalue weighted by molar-refractivity contribution is 0.132. The Morgan fingerprint density at radius 3 is 3.07 bits per heavy atom. The molecule has 1 aromatic rings. The van der Waals surface area contributed by atoms with E-state index < -0.39 is 0 Å². The molecule has 1 rings (SSSR count). The monoisotopic (exact) mass is 197 g/mol. The van der Waals surface area contributed by atoms with E-state index in [2.05, 4.69) is 12.2 Å². The van der Waals surface area contributed by atoms with Gasteiger partial charge in [0.05, 0.1) is 19.4 Å². The second-order valence-corrected chi connectivity index (χ2v) is 3.22. The van der Waals surface area contributed by atoms with Crippen LogP contribution in [0.5, 0.6) is 0 Å². The molecule has 0 unspecified atom stereocenters. The van der Waals surface area contributed by atoms with Crippen molar-refractivity contribution in [3.8, 4) is 0 Å². The summed E-state index contributed by atoms with van der Waals surface area (Å²) in [4.78, 5) is 0. The van der Waals surface area contributed by atoms with Gasteiger partial charge in [-0.2, -0.15) is 0 Å². The van der Waals surface area contributed by atoms with Crippen LogP contribution < -0.4 is 5.32 Å². The zero-order valence-corrected chi connectivity index (χ0v) is 8.79. The highest BCUT2D eigenvalue weighted by Gasteiger charge is 1.93. The SMILES string of the molecule is CCCCOCCNCc1ccco1. The maximum Gasteiger partial charge on any atom is 0.117 e. The van der Waals surface area contributed by atoms with E-state index in [1.54, 1.807) is 6.26 Å². The smallest absolute Gasteiger partial charge is 0.117 e. The molecule has 0 amide bonds. The van der Waals surface area contributed by atoms with Gasteiger partial charge < -0.3 is 14.5 Å². The van der Waals surface area contributed by atoms with Crippen LogP contribution in [0.4, 0.5) is 0 Å². The van der Waals surface area contributed by atoms with Gasteiger partial charge in [0, 0.05) is 13.2 Å². The second kappa shape index (κ2) is 7.59. The van der Waals surface area contributed by atoms with Crippen LogP contribution in [0.15, 0.2) is 22.8 Å². The molecule has 0 aliphatic carbocycles.